The van der Waals surface area contributed by atoms with E-state index in [1.165, 1.54) is 12.3 Å². The number of nitrogens with two attached hydrogens (primary N) is 1. The highest BCUT2D eigenvalue weighted by molar-refractivity contribution is 8.00. The zero-order valence-electron chi connectivity index (χ0n) is 10.9. The smallest absolute Gasteiger partial charge is 0.141 e. The van der Waals surface area contributed by atoms with Gasteiger partial charge in [-0.3, -0.25) is 0 Å². The Morgan fingerprint density at radius 2 is 2.28 bits per heavy atom. The molecule has 2 N–H and O–H groups in total. The quantitative estimate of drug-likeness (QED) is 0.895. The van der Waals surface area contributed by atoms with Gasteiger partial charge < -0.3 is 10.6 Å². The third-order valence-electron chi connectivity index (χ3n) is 3.27. The minimum Gasteiger partial charge on any atom is -0.355 e. The Morgan fingerprint density at radius 1 is 1.50 bits per heavy atom. The van der Waals surface area contributed by atoms with Gasteiger partial charge in [0.25, 0.3) is 0 Å². The second-order valence-electron chi connectivity index (χ2n) is 5.19. The first-order chi connectivity index (χ1) is 8.52. The Balaban J connectivity index is 2.21. The average molecular weight is 269 g/mol. The van der Waals surface area contributed by atoms with Crippen molar-refractivity contribution in [3.8, 4) is 0 Å². The summed E-state index contributed by atoms with van der Waals surface area (Å²) in [6.45, 7) is 6.75. The van der Waals surface area contributed by atoms with E-state index >= 15 is 0 Å². The maximum Gasteiger partial charge on any atom is 0.141 e. The van der Waals surface area contributed by atoms with Gasteiger partial charge in [-0.1, -0.05) is 13.8 Å². The van der Waals surface area contributed by atoms with Crippen molar-refractivity contribution in [3.63, 3.8) is 0 Å². The molecule has 1 saturated heterocycles. The molecular weight excluding hydrogens is 249 g/mol. The van der Waals surface area contributed by atoms with Gasteiger partial charge in [-0.25, -0.2) is 9.37 Å². The number of anilines is 1. The molecule has 0 unspecified atom stereocenters. The summed E-state index contributed by atoms with van der Waals surface area (Å²) < 4.78 is 13.5. The average Bonchev–Trinajstić information content (AvgIpc) is 2.50. The molecule has 0 amide bonds. The molecule has 1 aliphatic rings. The zero-order chi connectivity index (χ0) is 13.2. The molecule has 0 radical (unpaired) electrons. The predicted octanol–water partition coefficient (Wildman–Crippen LogP) is 2.40. The minimum absolute atomic E-state index is 0.303. The maximum atomic E-state index is 13.2. The third-order valence-corrected chi connectivity index (χ3v) is 4.64. The van der Waals surface area contributed by atoms with Crippen molar-refractivity contribution in [2.45, 2.75) is 31.6 Å². The van der Waals surface area contributed by atoms with Gasteiger partial charge in [0, 0.05) is 35.7 Å². The van der Waals surface area contributed by atoms with E-state index in [-0.39, 0.29) is 5.82 Å². The van der Waals surface area contributed by atoms with Gasteiger partial charge >= 0.3 is 0 Å². The van der Waals surface area contributed by atoms with E-state index in [1.807, 2.05) is 11.8 Å². The molecule has 2 heterocycles. The Morgan fingerprint density at radius 3 is 3.00 bits per heavy atom. The van der Waals surface area contributed by atoms with E-state index in [2.05, 4.69) is 23.7 Å². The van der Waals surface area contributed by atoms with Crippen molar-refractivity contribution in [1.29, 1.82) is 0 Å². The van der Waals surface area contributed by atoms with Crippen LogP contribution in [0.2, 0.25) is 0 Å². The first-order valence-electron chi connectivity index (χ1n) is 6.25. The van der Waals surface area contributed by atoms with Crippen LogP contribution in [0.1, 0.15) is 25.8 Å². The standard InChI is InChI=1S/C13H20FN3S/c1-13(2)3-4-17(5-6-18-13)12-10(8-15)7-11(14)9-16-12/h7,9H,3-6,8,15H2,1-2H3. The Hall–Kier alpha value is -0.810. The van der Waals surface area contributed by atoms with Crippen molar-refractivity contribution < 1.29 is 4.39 Å². The van der Waals surface area contributed by atoms with E-state index in [0.29, 0.717) is 11.3 Å². The molecule has 1 aromatic rings. The molecule has 5 heteroatoms. The molecule has 2 rings (SSSR count). The van der Waals surface area contributed by atoms with Gasteiger partial charge in [0.15, 0.2) is 0 Å². The molecule has 3 nitrogen and oxygen atoms in total. The lowest BCUT2D eigenvalue weighted by Gasteiger charge is -2.25. The molecule has 1 fully saturated rings. The maximum absolute atomic E-state index is 13.2. The van der Waals surface area contributed by atoms with Crippen LogP contribution in [0.3, 0.4) is 0 Å². The summed E-state index contributed by atoms with van der Waals surface area (Å²) >= 11 is 1.98. The highest BCUT2D eigenvalue weighted by atomic mass is 32.2. The molecule has 1 aromatic heterocycles. The minimum atomic E-state index is -0.316. The number of thioether (sulfide) groups is 1. The van der Waals surface area contributed by atoms with Gasteiger partial charge in [0.05, 0.1) is 6.20 Å². The molecule has 0 bridgehead atoms. The van der Waals surface area contributed by atoms with Crippen LogP contribution in [0.25, 0.3) is 0 Å². The van der Waals surface area contributed by atoms with Crippen LogP contribution in [-0.4, -0.2) is 28.6 Å². The van der Waals surface area contributed by atoms with E-state index in [0.717, 1.165) is 36.6 Å². The molecule has 0 spiro atoms. The molecule has 0 atom stereocenters. The second kappa shape index (κ2) is 5.45. The van der Waals surface area contributed by atoms with Crippen LogP contribution in [0.15, 0.2) is 12.3 Å². The lowest BCUT2D eigenvalue weighted by molar-refractivity contribution is 0.611. The lowest BCUT2D eigenvalue weighted by atomic mass is 10.1. The third kappa shape index (κ3) is 3.14. The number of halogens is 1. The van der Waals surface area contributed by atoms with Gasteiger partial charge in [0.1, 0.15) is 11.6 Å². The Kier molecular flexibility index (Phi) is 4.12. The largest absolute Gasteiger partial charge is 0.355 e. The Bertz CT molecular complexity index is 423. The Labute approximate surface area is 112 Å². The lowest BCUT2D eigenvalue weighted by Crippen LogP contribution is -2.29. The summed E-state index contributed by atoms with van der Waals surface area (Å²) in [7, 11) is 0. The number of pyridine rings is 1. The summed E-state index contributed by atoms with van der Waals surface area (Å²) in [5, 5.41) is 0. The van der Waals surface area contributed by atoms with E-state index in [1.54, 1.807) is 0 Å². The van der Waals surface area contributed by atoms with Gasteiger partial charge in [-0.15, -0.1) is 0 Å². The van der Waals surface area contributed by atoms with E-state index in [9.17, 15) is 4.39 Å². The van der Waals surface area contributed by atoms with Crippen molar-refractivity contribution in [2.24, 2.45) is 5.73 Å². The molecule has 100 valence electrons. The van der Waals surface area contributed by atoms with Crippen LogP contribution in [0.5, 0.6) is 0 Å². The fourth-order valence-corrected chi connectivity index (χ4v) is 3.24. The van der Waals surface area contributed by atoms with Gasteiger partial charge in [0.2, 0.25) is 0 Å². The molecule has 0 aromatic carbocycles. The van der Waals surface area contributed by atoms with E-state index < -0.39 is 0 Å². The number of hydrogen-bond acceptors (Lipinski definition) is 4. The van der Waals surface area contributed by atoms with Crippen molar-refractivity contribution in [1.82, 2.24) is 4.98 Å². The SMILES string of the molecule is CC1(C)CCN(c2ncc(F)cc2CN)CCS1. The van der Waals surface area contributed by atoms with Crippen LogP contribution in [0.4, 0.5) is 10.2 Å². The van der Waals surface area contributed by atoms with Gasteiger partial charge in [-0.05, 0) is 12.5 Å². The normalized spacial score (nSPS) is 19.7. The fraction of sp³-hybridized carbons (Fsp3) is 0.615. The molecular formula is C13H20FN3S. The fourth-order valence-electron chi connectivity index (χ4n) is 2.14. The first-order valence-corrected chi connectivity index (χ1v) is 7.24. The number of nitrogens with zero attached hydrogens (tertiary/aromatic N) is 2. The second-order valence-corrected chi connectivity index (χ2v) is 6.99. The van der Waals surface area contributed by atoms with Crippen LogP contribution < -0.4 is 10.6 Å². The van der Waals surface area contributed by atoms with Crippen molar-refractivity contribution >= 4 is 17.6 Å². The highest BCUT2D eigenvalue weighted by Crippen LogP contribution is 2.32. The predicted molar refractivity (Wildman–Crippen MR) is 75.5 cm³/mol. The monoisotopic (exact) mass is 269 g/mol. The molecule has 1 aliphatic heterocycles. The van der Waals surface area contributed by atoms with Crippen molar-refractivity contribution in [3.05, 3.63) is 23.6 Å². The number of rotatable bonds is 2. The summed E-state index contributed by atoms with van der Waals surface area (Å²) in [4.78, 5) is 6.45. The highest BCUT2D eigenvalue weighted by Gasteiger charge is 2.25. The zero-order valence-corrected chi connectivity index (χ0v) is 11.8. The first kappa shape index (κ1) is 13.6. The number of aromatic nitrogens is 1. The van der Waals surface area contributed by atoms with Crippen LogP contribution >= 0.6 is 11.8 Å². The summed E-state index contributed by atoms with van der Waals surface area (Å²) in [6.07, 6.45) is 2.37. The van der Waals surface area contributed by atoms with Crippen molar-refractivity contribution in [2.75, 3.05) is 23.7 Å². The molecule has 0 saturated carbocycles. The van der Waals surface area contributed by atoms with Gasteiger partial charge in [-0.2, -0.15) is 11.8 Å². The van der Waals surface area contributed by atoms with Crippen LogP contribution in [0, 0.1) is 5.82 Å². The van der Waals surface area contributed by atoms with E-state index in [4.69, 9.17) is 5.73 Å². The topological polar surface area (TPSA) is 42.2 Å². The number of hydrogen-bond donors (Lipinski definition) is 1. The van der Waals surface area contributed by atoms with Crippen LogP contribution in [-0.2, 0) is 6.54 Å². The summed E-state index contributed by atoms with van der Waals surface area (Å²) in [5.74, 6) is 1.59. The molecule has 18 heavy (non-hydrogen) atoms. The molecule has 0 aliphatic carbocycles. The summed E-state index contributed by atoms with van der Waals surface area (Å²) in [6, 6.07) is 1.49. The summed E-state index contributed by atoms with van der Waals surface area (Å²) in [5.41, 5.74) is 6.47.